The summed E-state index contributed by atoms with van der Waals surface area (Å²) >= 11 is 0. The number of urea groups is 1. The van der Waals surface area contributed by atoms with Gasteiger partial charge in [0.25, 0.3) is 0 Å². The molecule has 2 rings (SSSR count). The number of nitro groups is 1. The molecule has 0 fully saturated rings. The maximum absolute atomic E-state index is 11.2. The number of hydrogen-bond donors (Lipinski definition) is 2. The fourth-order valence-electron chi connectivity index (χ4n) is 1.60. The average Bonchev–Trinajstić information content (AvgIpc) is 2.16. The number of anilines is 1. The van der Waals surface area contributed by atoms with Crippen LogP contribution >= 0.6 is 0 Å². The summed E-state index contributed by atoms with van der Waals surface area (Å²) in [6.45, 7) is -0.301. The number of carbonyl (C=O) groups excluding carboxylic acids is 1. The van der Waals surface area contributed by atoms with Gasteiger partial charge in [-0.05, 0) is 6.07 Å². The van der Waals surface area contributed by atoms with E-state index in [4.69, 9.17) is 0 Å². The van der Waals surface area contributed by atoms with Crippen LogP contribution in [0.2, 0.25) is 0 Å². The Hall–Kier alpha value is -2.11. The number of benzene rings is 1. The number of carbonyl (C=O) groups is 1. The predicted octanol–water partition coefficient (Wildman–Crippen LogP) is 1.14. The van der Waals surface area contributed by atoms with E-state index in [0.29, 0.717) is 5.69 Å². The van der Waals surface area contributed by atoms with Crippen molar-refractivity contribution in [2.75, 3.05) is 11.9 Å². The highest BCUT2D eigenvalue weighted by atomic mass is 16.6. The van der Waals surface area contributed by atoms with E-state index in [1.807, 2.05) is 0 Å². The minimum Gasteiger partial charge on any atom is -0.324 e. The second-order valence-electron chi connectivity index (χ2n) is 3.25. The summed E-state index contributed by atoms with van der Waals surface area (Å²) in [4.78, 5) is 21.2. The molecule has 1 aliphatic rings. The highest BCUT2D eigenvalue weighted by Gasteiger charge is 2.27. The Bertz CT molecular complexity index is 419. The molecule has 78 valence electrons. The predicted molar refractivity (Wildman–Crippen MR) is 53.2 cm³/mol. The van der Waals surface area contributed by atoms with Crippen molar-refractivity contribution in [3.8, 4) is 0 Å². The first-order chi connectivity index (χ1) is 7.16. The lowest BCUT2D eigenvalue weighted by Gasteiger charge is -2.24. The summed E-state index contributed by atoms with van der Waals surface area (Å²) in [6.07, 6.45) is 0. The Morgan fingerprint density at radius 2 is 2.13 bits per heavy atom. The maximum Gasteiger partial charge on any atom is 0.319 e. The van der Waals surface area contributed by atoms with Crippen molar-refractivity contribution in [1.82, 2.24) is 5.32 Å². The molecule has 0 bridgehead atoms. The number of rotatable bonds is 2. The molecule has 0 aliphatic carbocycles. The highest BCUT2D eigenvalue weighted by molar-refractivity contribution is 5.92. The van der Waals surface area contributed by atoms with E-state index >= 15 is 0 Å². The van der Waals surface area contributed by atoms with Crippen molar-refractivity contribution < 1.29 is 9.72 Å². The molecular formula is C9H9N3O3. The molecule has 1 aliphatic heterocycles. The molecule has 6 heteroatoms. The molecule has 2 N–H and O–H groups in total. The van der Waals surface area contributed by atoms with Crippen molar-refractivity contribution in [3.63, 3.8) is 0 Å². The van der Waals surface area contributed by atoms with Crippen molar-refractivity contribution in [3.05, 3.63) is 39.9 Å². The first-order valence-electron chi connectivity index (χ1n) is 4.45. The number of nitrogens with zero attached hydrogens (tertiary/aromatic N) is 1. The summed E-state index contributed by atoms with van der Waals surface area (Å²) in [7, 11) is 0. The Kier molecular flexibility index (Phi) is 2.24. The lowest BCUT2D eigenvalue weighted by molar-refractivity contribution is -0.484. The number of hydrogen-bond acceptors (Lipinski definition) is 3. The van der Waals surface area contributed by atoms with E-state index in [9.17, 15) is 14.9 Å². The number of amides is 2. The molecule has 0 saturated carbocycles. The van der Waals surface area contributed by atoms with Crippen LogP contribution in [0.5, 0.6) is 0 Å². The summed E-state index contributed by atoms with van der Waals surface area (Å²) in [5.74, 6) is 0. The van der Waals surface area contributed by atoms with Crippen LogP contribution in [0.3, 0.4) is 0 Å². The molecule has 6 nitrogen and oxygen atoms in total. The fourth-order valence-corrected chi connectivity index (χ4v) is 1.60. The van der Waals surface area contributed by atoms with E-state index in [1.165, 1.54) is 0 Å². The Balaban J connectivity index is 2.33. The van der Waals surface area contributed by atoms with E-state index in [0.717, 1.165) is 5.56 Å². The Morgan fingerprint density at radius 1 is 1.40 bits per heavy atom. The minimum atomic E-state index is -0.551. The summed E-state index contributed by atoms with van der Waals surface area (Å²) in [6, 6.07) is 6.08. The highest BCUT2D eigenvalue weighted by Crippen LogP contribution is 2.26. The van der Waals surface area contributed by atoms with E-state index in [1.54, 1.807) is 24.3 Å². The Morgan fingerprint density at radius 3 is 2.87 bits per heavy atom. The number of para-hydroxylation sites is 1. The topological polar surface area (TPSA) is 84.3 Å². The number of nitrogens with one attached hydrogen (secondary N) is 2. The molecule has 2 amide bonds. The van der Waals surface area contributed by atoms with Gasteiger partial charge in [-0.1, -0.05) is 18.2 Å². The van der Waals surface area contributed by atoms with Gasteiger partial charge in [-0.3, -0.25) is 10.1 Å². The zero-order valence-corrected chi connectivity index (χ0v) is 7.77. The summed E-state index contributed by atoms with van der Waals surface area (Å²) in [5.41, 5.74) is 1.38. The van der Waals surface area contributed by atoms with Gasteiger partial charge in [-0.15, -0.1) is 0 Å². The standard InChI is InChI=1S/C9H9N3O3/c13-9-10-7-4-2-1-3-6(7)8(11-9)5-12(14)15/h1-4,8H,5H2,(H2,10,11,13). The van der Waals surface area contributed by atoms with Gasteiger partial charge in [0.1, 0.15) is 6.04 Å². The molecule has 1 aromatic rings. The van der Waals surface area contributed by atoms with Gasteiger partial charge in [0.15, 0.2) is 0 Å². The molecule has 1 heterocycles. The van der Waals surface area contributed by atoms with Crippen LogP contribution in [0.25, 0.3) is 0 Å². The maximum atomic E-state index is 11.2. The van der Waals surface area contributed by atoms with Gasteiger partial charge < -0.3 is 10.6 Å². The van der Waals surface area contributed by atoms with Crippen molar-refractivity contribution in [2.24, 2.45) is 0 Å². The van der Waals surface area contributed by atoms with E-state index < -0.39 is 17.0 Å². The van der Waals surface area contributed by atoms with Crippen LogP contribution < -0.4 is 10.6 Å². The molecule has 1 unspecified atom stereocenters. The molecular weight excluding hydrogens is 198 g/mol. The lowest BCUT2D eigenvalue weighted by atomic mass is 10.0. The SMILES string of the molecule is O=C1Nc2ccccc2C(C[N+](=O)[O-])N1. The van der Waals surface area contributed by atoms with E-state index in [2.05, 4.69) is 10.6 Å². The zero-order valence-electron chi connectivity index (χ0n) is 7.77. The molecule has 0 radical (unpaired) electrons. The normalized spacial score (nSPS) is 18.7. The van der Waals surface area contributed by atoms with Crippen LogP contribution in [-0.4, -0.2) is 17.5 Å². The largest absolute Gasteiger partial charge is 0.324 e. The average molecular weight is 207 g/mol. The minimum absolute atomic E-state index is 0.301. The van der Waals surface area contributed by atoms with Crippen molar-refractivity contribution in [1.29, 1.82) is 0 Å². The summed E-state index contributed by atoms with van der Waals surface area (Å²) < 4.78 is 0. The molecule has 0 saturated heterocycles. The molecule has 1 aromatic carbocycles. The van der Waals surface area contributed by atoms with Gasteiger partial charge in [-0.2, -0.15) is 0 Å². The number of fused-ring (bicyclic) bond motifs is 1. The second kappa shape index (κ2) is 3.56. The third-order valence-corrected chi connectivity index (χ3v) is 2.22. The molecule has 0 aromatic heterocycles. The third-order valence-electron chi connectivity index (χ3n) is 2.22. The molecule has 0 spiro atoms. The molecule has 1 atom stereocenters. The Labute approximate surface area is 85.4 Å². The van der Waals surface area contributed by atoms with Crippen LogP contribution in [0, 0.1) is 10.1 Å². The van der Waals surface area contributed by atoms with Crippen LogP contribution in [0.4, 0.5) is 10.5 Å². The zero-order chi connectivity index (χ0) is 10.8. The van der Waals surface area contributed by atoms with Gasteiger partial charge >= 0.3 is 6.03 Å². The third kappa shape index (κ3) is 1.88. The van der Waals surface area contributed by atoms with E-state index in [-0.39, 0.29) is 6.54 Å². The van der Waals surface area contributed by atoms with Crippen LogP contribution in [-0.2, 0) is 0 Å². The van der Waals surface area contributed by atoms with Crippen LogP contribution in [0.1, 0.15) is 11.6 Å². The smallest absolute Gasteiger partial charge is 0.319 e. The summed E-state index contributed by atoms with van der Waals surface area (Å²) in [5, 5.41) is 15.5. The quantitative estimate of drug-likeness (QED) is 0.563. The second-order valence-corrected chi connectivity index (χ2v) is 3.25. The first kappa shape index (κ1) is 9.45. The molecule has 15 heavy (non-hydrogen) atoms. The van der Waals surface area contributed by atoms with Gasteiger partial charge in [-0.25, -0.2) is 4.79 Å². The first-order valence-corrected chi connectivity index (χ1v) is 4.45. The van der Waals surface area contributed by atoms with Crippen molar-refractivity contribution in [2.45, 2.75) is 6.04 Å². The van der Waals surface area contributed by atoms with Gasteiger partial charge in [0.2, 0.25) is 6.54 Å². The fraction of sp³-hybridized carbons (Fsp3) is 0.222. The monoisotopic (exact) mass is 207 g/mol. The van der Waals surface area contributed by atoms with Crippen LogP contribution in [0.15, 0.2) is 24.3 Å². The lowest BCUT2D eigenvalue weighted by Crippen LogP contribution is -2.40. The van der Waals surface area contributed by atoms with Crippen molar-refractivity contribution >= 4 is 11.7 Å². The van der Waals surface area contributed by atoms with Gasteiger partial charge in [0, 0.05) is 16.2 Å². The van der Waals surface area contributed by atoms with Gasteiger partial charge in [0.05, 0.1) is 0 Å².